The summed E-state index contributed by atoms with van der Waals surface area (Å²) in [6.07, 6.45) is -30.0. The van der Waals surface area contributed by atoms with Gasteiger partial charge in [-0.15, -0.1) is 0 Å². The van der Waals surface area contributed by atoms with Crippen LogP contribution in [-0.2, 0) is 24.7 Å². The third-order valence-corrected chi connectivity index (χ3v) is 10.1. The fourth-order valence-electron chi connectivity index (χ4n) is 8.20. The van der Waals surface area contributed by atoms with Crippen LogP contribution in [-0.4, -0.2) is 66.7 Å². The number of aromatic carboxylic acids is 4. The normalized spacial score (nSPS) is 21.4. The topological polar surface area (TPSA) is 190 Å². The first kappa shape index (κ1) is 44.9. The predicted molar refractivity (Wildman–Crippen MR) is 177 cm³/mol. The van der Waals surface area contributed by atoms with E-state index in [-0.39, 0.29) is 0 Å². The minimum absolute atomic E-state index is 0.292. The molecule has 60 heavy (non-hydrogen) atoms. The zero-order valence-corrected chi connectivity index (χ0v) is 29.2. The van der Waals surface area contributed by atoms with E-state index in [2.05, 4.69) is 0 Å². The molecule has 0 spiro atoms. The molecular formula is C38H24F12O10. The van der Waals surface area contributed by atoms with E-state index in [9.17, 15) is 76.2 Å². The Labute approximate surface area is 326 Å². The number of benzene rings is 4. The number of rotatable bonds is 8. The maximum absolute atomic E-state index is 15.2. The molecule has 22 heteroatoms. The number of carboxylic acids is 4. The van der Waals surface area contributed by atoms with Crippen molar-refractivity contribution in [3.05, 3.63) is 140 Å². The second kappa shape index (κ2) is 15.5. The second-order valence-electron chi connectivity index (χ2n) is 13.4. The summed E-state index contributed by atoms with van der Waals surface area (Å²) in [6, 6.07) is 4.67. The third-order valence-electron chi connectivity index (χ3n) is 10.1. The maximum Gasteiger partial charge on any atom is 0.417 e. The van der Waals surface area contributed by atoms with Gasteiger partial charge in [0, 0.05) is 23.7 Å². The number of alkyl halides is 12. The molecular weight excluding hydrogens is 844 g/mol. The van der Waals surface area contributed by atoms with Crippen molar-refractivity contribution in [2.24, 2.45) is 0 Å². The summed E-state index contributed by atoms with van der Waals surface area (Å²) in [5, 5.41) is 62.9. The summed E-state index contributed by atoms with van der Waals surface area (Å²) in [5.74, 6) is -21.6. The lowest BCUT2D eigenvalue weighted by Gasteiger charge is -2.51. The molecule has 0 radical (unpaired) electrons. The van der Waals surface area contributed by atoms with Crippen molar-refractivity contribution >= 4 is 23.9 Å². The van der Waals surface area contributed by atoms with Crippen molar-refractivity contribution in [1.29, 1.82) is 0 Å². The summed E-state index contributed by atoms with van der Waals surface area (Å²) in [5.41, 5.74) is -22.4. The van der Waals surface area contributed by atoms with E-state index in [4.69, 9.17) is 0 Å². The monoisotopic (exact) mass is 868 g/mol. The van der Waals surface area contributed by atoms with E-state index in [1.807, 2.05) is 0 Å². The van der Waals surface area contributed by atoms with Crippen molar-refractivity contribution < 1.29 is 103 Å². The highest BCUT2D eigenvalue weighted by Crippen LogP contribution is 2.62. The van der Waals surface area contributed by atoms with Crippen molar-refractivity contribution in [2.75, 3.05) is 0 Å². The summed E-state index contributed by atoms with van der Waals surface area (Å²) < 4.78 is 181. The smallest absolute Gasteiger partial charge is 0.417 e. The van der Waals surface area contributed by atoms with Crippen molar-refractivity contribution in [2.45, 2.75) is 60.6 Å². The first-order valence-electron chi connectivity index (χ1n) is 16.6. The quantitative estimate of drug-likeness (QED) is 0.0935. The molecule has 0 bridgehead atoms. The van der Waals surface area contributed by atoms with Crippen LogP contribution in [0.3, 0.4) is 0 Å². The molecule has 1 fully saturated rings. The van der Waals surface area contributed by atoms with Gasteiger partial charge in [-0.2, -0.15) is 52.7 Å². The molecule has 5 rings (SSSR count). The predicted octanol–water partition coefficient (Wildman–Crippen LogP) is 8.73. The van der Waals surface area contributed by atoms with Crippen molar-refractivity contribution in [3.8, 4) is 0 Å². The highest BCUT2D eigenvalue weighted by atomic mass is 19.4. The Hall–Kier alpha value is -6.16. The SMILES string of the molecule is O=C(O)c1cccc([C@@H]2[C@H](c3cccc(C(=O)O)c3C(F)(F)F)[C@H](c3cccc(C(=O)O)c3C(F)(F)F)[C@H](O)[C@H](O)[C@@H]2c2cccc(C(=O)O)c2C(F)(F)F)c1C(F)(F)F. The number of hydrogen-bond acceptors (Lipinski definition) is 6. The van der Waals surface area contributed by atoms with Crippen LogP contribution in [0.25, 0.3) is 0 Å². The molecule has 6 N–H and O–H groups in total. The molecule has 0 saturated heterocycles. The zero-order valence-electron chi connectivity index (χ0n) is 29.2. The molecule has 320 valence electrons. The van der Waals surface area contributed by atoms with Gasteiger partial charge in [0.15, 0.2) is 0 Å². The average molecular weight is 869 g/mol. The van der Waals surface area contributed by atoms with Crippen LogP contribution in [0.15, 0.2) is 72.8 Å². The van der Waals surface area contributed by atoms with Gasteiger partial charge in [-0.25, -0.2) is 19.2 Å². The highest BCUT2D eigenvalue weighted by Gasteiger charge is 2.59. The number of aliphatic hydroxyl groups is 2. The Morgan fingerprint density at radius 2 is 0.533 bits per heavy atom. The van der Waals surface area contributed by atoms with E-state index in [0.717, 1.165) is 0 Å². The minimum atomic E-state index is -5.96. The van der Waals surface area contributed by atoms with Crippen LogP contribution in [0.4, 0.5) is 52.7 Å². The Bertz CT molecular complexity index is 2220. The highest BCUT2D eigenvalue weighted by molar-refractivity contribution is 5.92. The maximum atomic E-state index is 15.2. The van der Waals surface area contributed by atoms with E-state index >= 15 is 26.3 Å². The van der Waals surface area contributed by atoms with Gasteiger partial charge in [-0.05, 0) is 46.5 Å². The first-order valence-corrected chi connectivity index (χ1v) is 16.6. The fraction of sp³-hybridized carbons (Fsp3) is 0.263. The van der Waals surface area contributed by atoms with Crippen LogP contribution >= 0.6 is 0 Å². The lowest BCUT2D eigenvalue weighted by atomic mass is 9.55. The van der Waals surface area contributed by atoms with Gasteiger partial charge < -0.3 is 30.6 Å². The summed E-state index contributed by atoms with van der Waals surface area (Å²) in [4.78, 5) is 48.8. The molecule has 4 aromatic rings. The lowest BCUT2D eigenvalue weighted by molar-refractivity contribution is -0.144. The van der Waals surface area contributed by atoms with Gasteiger partial charge in [0.25, 0.3) is 0 Å². The van der Waals surface area contributed by atoms with Crippen LogP contribution in [0, 0.1) is 0 Å². The van der Waals surface area contributed by atoms with E-state index < -0.39 is 151 Å². The Morgan fingerprint density at radius 3 is 0.700 bits per heavy atom. The van der Waals surface area contributed by atoms with Gasteiger partial charge in [-0.3, -0.25) is 0 Å². The molecule has 6 atom stereocenters. The lowest BCUT2D eigenvalue weighted by Crippen LogP contribution is -2.50. The second-order valence-corrected chi connectivity index (χ2v) is 13.4. The summed E-state index contributed by atoms with van der Waals surface area (Å²) in [6.45, 7) is 0. The fourth-order valence-corrected chi connectivity index (χ4v) is 8.20. The van der Waals surface area contributed by atoms with Crippen LogP contribution < -0.4 is 0 Å². The standard InChI is InChI=1S/C38H24F12O10/c39-35(40,41)25-13(5-1-9-17(25)31(53)54)21-22(14-6-2-10-18(32(55)56)26(14)36(42,43)44)24(16-8-4-12-20(34(59)60)28(16)38(48,49)50)30(52)29(51)23(21)15-7-3-11-19(33(57)58)27(15)37(45,46)47/h1-12,21-24,29-30,51-52H,(H,53,54)(H,55,56)(H,57,58)(H,59,60)/t21-,22+,23-,24+,29-,30+. The minimum Gasteiger partial charge on any atom is -0.478 e. The number of aliphatic hydroxyl groups excluding tert-OH is 2. The van der Waals surface area contributed by atoms with E-state index in [1.165, 1.54) is 0 Å². The van der Waals surface area contributed by atoms with Crippen molar-refractivity contribution in [3.63, 3.8) is 0 Å². The molecule has 0 amide bonds. The third kappa shape index (κ3) is 7.95. The van der Waals surface area contributed by atoms with Gasteiger partial charge >= 0.3 is 48.6 Å². The molecule has 0 unspecified atom stereocenters. The van der Waals surface area contributed by atoms with Crippen LogP contribution in [0.5, 0.6) is 0 Å². The number of carbonyl (C=O) groups is 4. The van der Waals surface area contributed by atoms with Crippen molar-refractivity contribution in [1.82, 2.24) is 0 Å². The van der Waals surface area contributed by atoms with Crippen LogP contribution in [0.2, 0.25) is 0 Å². The molecule has 0 heterocycles. The number of hydrogen-bond donors (Lipinski definition) is 6. The first-order chi connectivity index (χ1) is 27.5. The Morgan fingerprint density at radius 1 is 0.350 bits per heavy atom. The number of carboxylic acid groups (broad SMARTS) is 4. The molecule has 1 aliphatic rings. The molecule has 1 saturated carbocycles. The largest absolute Gasteiger partial charge is 0.478 e. The molecule has 0 aliphatic heterocycles. The van der Waals surface area contributed by atoms with Crippen LogP contribution in [0.1, 0.15) is 110 Å². The zero-order chi connectivity index (χ0) is 45.2. The van der Waals surface area contributed by atoms with Gasteiger partial charge in [0.2, 0.25) is 0 Å². The number of halogens is 12. The summed E-state index contributed by atoms with van der Waals surface area (Å²) in [7, 11) is 0. The average Bonchev–Trinajstić information content (AvgIpc) is 3.12. The Balaban J connectivity index is 2.17. The van der Waals surface area contributed by atoms with Gasteiger partial charge in [0.05, 0.1) is 56.7 Å². The molecule has 10 nitrogen and oxygen atoms in total. The van der Waals surface area contributed by atoms with Gasteiger partial charge in [-0.1, -0.05) is 48.5 Å². The van der Waals surface area contributed by atoms with E-state index in [1.54, 1.807) is 0 Å². The molecule has 1 aliphatic carbocycles. The molecule has 0 aromatic heterocycles. The Kier molecular flexibility index (Phi) is 11.6. The van der Waals surface area contributed by atoms with Gasteiger partial charge in [0.1, 0.15) is 0 Å². The summed E-state index contributed by atoms with van der Waals surface area (Å²) >= 11 is 0. The van der Waals surface area contributed by atoms with E-state index in [0.29, 0.717) is 72.8 Å². The molecule has 4 aromatic carbocycles.